The van der Waals surface area contributed by atoms with Gasteiger partial charge in [-0.2, -0.15) is 5.10 Å². The first-order chi connectivity index (χ1) is 8.49. The van der Waals surface area contributed by atoms with Crippen molar-refractivity contribution in [3.05, 3.63) is 37.7 Å². The smallest absolute Gasteiger partial charge is 0.0701 e. The number of halogens is 1. The molecule has 0 radical (unpaired) electrons. The van der Waals surface area contributed by atoms with E-state index < -0.39 is 0 Å². The Morgan fingerprint density at radius 2 is 2.17 bits per heavy atom. The van der Waals surface area contributed by atoms with Crippen molar-refractivity contribution in [2.45, 2.75) is 33.4 Å². The molecule has 0 aliphatic rings. The Bertz CT molecular complexity index is 544. The summed E-state index contributed by atoms with van der Waals surface area (Å²) in [6.07, 6.45) is 0. The molecule has 1 atom stereocenters. The fraction of sp³-hybridized carbons (Fsp3) is 0.462. The Morgan fingerprint density at radius 1 is 1.44 bits per heavy atom. The van der Waals surface area contributed by atoms with Gasteiger partial charge in [-0.05, 0) is 48.8 Å². The van der Waals surface area contributed by atoms with E-state index in [4.69, 9.17) is 0 Å². The summed E-state index contributed by atoms with van der Waals surface area (Å²) in [4.78, 5) is 1.34. The highest BCUT2D eigenvalue weighted by Gasteiger charge is 2.15. The normalized spacial score (nSPS) is 12.9. The Labute approximate surface area is 120 Å². The summed E-state index contributed by atoms with van der Waals surface area (Å²) < 4.78 is 3.13. The van der Waals surface area contributed by atoms with Gasteiger partial charge in [0.05, 0.1) is 9.48 Å². The SMILES string of the molecule is Cc1nn(C)c(C)c1C(C)NCc1ccc(Br)s1. The van der Waals surface area contributed by atoms with E-state index in [1.165, 1.54) is 19.9 Å². The van der Waals surface area contributed by atoms with Crippen molar-refractivity contribution in [1.82, 2.24) is 15.1 Å². The molecule has 2 aromatic heterocycles. The maximum atomic E-state index is 4.46. The molecule has 18 heavy (non-hydrogen) atoms. The largest absolute Gasteiger partial charge is 0.305 e. The van der Waals surface area contributed by atoms with E-state index in [-0.39, 0.29) is 0 Å². The van der Waals surface area contributed by atoms with Crippen LogP contribution < -0.4 is 5.32 Å². The molecule has 2 aromatic rings. The van der Waals surface area contributed by atoms with E-state index in [0.717, 1.165) is 12.2 Å². The molecular weight excluding hydrogens is 310 g/mol. The van der Waals surface area contributed by atoms with Crippen LogP contribution in [0.25, 0.3) is 0 Å². The first-order valence-electron chi connectivity index (χ1n) is 5.96. The lowest BCUT2D eigenvalue weighted by atomic mass is 10.1. The maximum Gasteiger partial charge on any atom is 0.0701 e. The standard InChI is InChI=1S/C13H18BrN3S/c1-8(13-9(2)16-17(4)10(13)3)15-7-11-5-6-12(14)18-11/h5-6,8,15H,7H2,1-4H3. The monoisotopic (exact) mass is 327 g/mol. The summed E-state index contributed by atoms with van der Waals surface area (Å²) in [6, 6.07) is 4.56. The third-order valence-corrected chi connectivity index (χ3v) is 4.83. The average molecular weight is 328 g/mol. The second-order valence-corrected chi connectivity index (χ2v) is 7.06. The molecule has 0 amide bonds. The molecule has 0 bridgehead atoms. The lowest BCUT2D eigenvalue weighted by Gasteiger charge is -2.14. The van der Waals surface area contributed by atoms with Gasteiger partial charge in [0.1, 0.15) is 0 Å². The quantitative estimate of drug-likeness (QED) is 0.927. The van der Waals surface area contributed by atoms with Gasteiger partial charge in [0.2, 0.25) is 0 Å². The summed E-state index contributed by atoms with van der Waals surface area (Å²) in [7, 11) is 1.99. The van der Waals surface area contributed by atoms with Crippen molar-refractivity contribution in [2.75, 3.05) is 0 Å². The highest BCUT2D eigenvalue weighted by Crippen LogP contribution is 2.24. The number of aromatic nitrogens is 2. The van der Waals surface area contributed by atoms with E-state index in [2.05, 4.69) is 59.2 Å². The number of nitrogens with one attached hydrogen (secondary N) is 1. The van der Waals surface area contributed by atoms with Crippen LogP contribution in [-0.4, -0.2) is 9.78 Å². The number of thiophene rings is 1. The molecule has 3 nitrogen and oxygen atoms in total. The van der Waals surface area contributed by atoms with Gasteiger partial charge in [0, 0.05) is 35.8 Å². The van der Waals surface area contributed by atoms with Crippen LogP contribution >= 0.6 is 27.3 Å². The molecule has 5 heteroatoms. The first-order valence-corrected chi connectivity index (χ1v) is 7.57. The van der Waals surface area contributed by atoms with Gasteiger partial charge in [-0.15, -0.1) is 11.3 Å². The van der Waals surface area contributed by atoms with Crippen molar-refractivity contribution in [1.29, 1.82) is 0 Å². The van der Waals surface area contributed by atoms with Gasteiger partial charge in [0.25, 0.3) is 0 Å². The number of rotatable bonds is 4. The predicted molar refractivity (Wildman–Crippen MR) is 80.0 cm³/mol. The number of aryl methyl sites for hydroxylation is 2. The van der Waals surface area contributed by atoms with E-state index >= 15 is 0 Å². The van der Waals surface area contributed by atoms with E-state index in [1.807, 2.05) is 11.7 Å². The molecule has 0 fully saturated rings. The van der Waals surface area contributed by atoms with Gasteiger partial charge < -0.3 is 5.32 Å². The van der Waals surface area contributed by atoms with Crippen LogP contribution in [0.1, 0.15) is 34.8 Å². The Balaban J connectivity index is 2.05. The molecule has 0 aromatic carbocycles. The molecule has 0 saturated carbocycles. The van der Waals surface area contributed by atoms with Crippen molar-refractivity contribution >= 4 is 27.3 Å². The molecule has 1 N–H and O–H groups in total. The summed E-state index contributed by atoms with van der Waals surface area (Å²) in [5, 5.41) is 8.02. The molecule has 1 unspecified atom stereocenters. The van der Waals surface area contributed by atoms with Gasteiger partial charge in [-0.25, -0.2) is 0 Å². The minimum Gasteiger partial charge on any atom is -0.305 e. The van der Waals surface area contributed by atoms with E-state index in [9.17, 15) is 0 Å². The molecule has 98 valence electrons. The Morgan fingerprint density at radius 3 is 2.67 bits per heavy atom. The molecule has 2 heterocycles. The number of nitrogens with zero attached hydrogens (tertiary/aromatic N) is 2. The lowest BCUT2D eigenvalue weighted by molar-refractivity contribution is 0.572. The molecular formula is C13H18BrN3S. The maximum absolute atomic E-state index is 4.46. The number of hydrogen-bond acceptors (Lipinski definition) is 3. The van der Waals surface area contributed by atoms with Crippen LogP contribution in [-0.2, 0) is 13.6 Å². The van der Waals surface area contributed by atoms with Gasteiger partial charge in [0.15, 0.2) is 0 Å². The molecule has 0 aliphatic heterocycles. The zero-order valence-electron chi connectivity index (χ0n) is 11.1. The van der Waals surface area contributed by atoms with E-state index in [0.29, 0.717) is 6.04 Å². The van der Waals surface area contributed by atoms with Gasteiger partial charge >= 0.3 is 0 Å². The van der Waals surface area contributed by atoms with Crippen LogP contribution in [0, 0.1) is 13.8 Å². The molecule has 0 spiro atoms. The highest BCUT2D eigenvalue weighted by atomic mass is 79.9. The Hall–Kier alpha value is -0.650. The van der Waals surface area contributed by atoms with Crippen LogP contribution in [0.5, 0.6) is 0 Å². The molecule has 0 saturated heterocycles. The van der Waals surface area contributed by atoms with E-state index in [1.54, 1.807) is 11.3 Å². The van der Waals surface area contributed by atoms with Gasteiger partial charge in [-0.3, -0.25) is 4.68 Å². The fourth-order valence-electron chi connectivity index (χ4n) is 2.22. The second kappa shape index (κ2) is 5.55. The number of hydrogen-bond donors (Lipinski definition) is 1. The third-order valence-electron chi connectivity index (χ3n) is 3.21. The Kier molecular flexibility index (Phi) is 4.25. The summed E-state index contributed by atoms with van der Waals surface area (Å²) in [5.41, 5.74) is 3.66. The predicted octanol–water partition coefficient (Wildman–Crippen LogP) is 3.71. The third kappa shape index (κ3) is 2.84. The first kappa shape index (κ1) is 13.8. The van der Waals surface area contributed by atoms with Crippen molar-refractivity contribution in [3.8, 4) is 0 Å². The second-order valence-electron chi connectivity index (χ2n) is 4.52. The van der Waals surface area contributed by atoms with Crippen molar-refractivity contribution in [2.24, 2.45) is 7.05 Å². The molecule has 2 rings (SSSR count). The minimum absolute atomic E-state index is 0.319. The van der Waals surface area contributed by atoms with Crippen molar-refractivity contribution in [3.63, 3.8) is 0 Å². The fourth-order valence-corrected chi connectivity index (χ4v) is 3.65. The lowest BCUT2D eigenvalue weighted by Crippen LogP contribution is -2.18. The van der Waals surface area contributed by atoms with Gasteiger partial charge in [-0.1, -0.05) is 0 Å². The minimum atomic E-state index is 0.319. The average Bonchev–Trinajstić information content (AvgIpc) is 2.82. The van der Waals surface area contributed by atoms with Crippen molar-refractivity contribution < 1.29 is 0 Å². The zero-order chi connectivity index (χ0) is 13.3. The van der Waals surface area contributed by atoms with Crippen LogP contribution in [0.4, 0.5) is 0 Å². The highest BCUT2D eigenvalue weighted by molar-refractivity contribution is 9.11. The van der Waals surface area contributed by atoms with Crippen LogP contribution in [0.15, 0.2) is 15.9 Å². The summed E-state index contributed by atoms with van der Waals surface area (Å²) in [5.74, 6) is 0. The topological polar surface area (TPSA) is 29.9 Å². The van der Waals surface area contributed by atoms with Crippen LogP contribution in [0.3, 0.4) is 0 Å². The summed E-state index contributed by atoms with van der Waals surface area (Å²) >= 11 is 5.26. The summed E-state index contributed by atoms with van der Waals surface area (Å²) in [6.45, 7) is 7.28. The molecule has 0 aliphatic carbocycles. The van der Waals surface area contributed by atoms with Crippen LogP contribution in [0.2, 0.25) is 0 Å². The zero-order valence-corrected chi connectivity index (χ0v) is 13.5.